The molecule has 0 radical (unpaired) electrons. The predicted molar refractivity (Wildman–Crippen MR) is 75.9 cm³/mol. The molecule has 0 aromatic heterocycles. The Morgan fingerprint density at radius 2 is 1.80 bits per heavy atom. The number of primary amides is 1. The van der Waals surface area contributed by atoms with E-state index < -0.39 is 17.8 Å². The van der Waals surface area contributed by atoms with Crippen molar-refractivity contribution < 1.29 is 19.8 Å². The summed E-state index contributed by atoms with van der Waals surface area (Å²) in [5, 5.41) is 19.7. The molecule has 4 N–H and O–H groups in total. The zero-order valence-electron chi connectivity index (χ0n) is 12.2. The Labute approximate surface area is 118 Å². The maximum absolute atomic E-state index is 11.9. The van der Waals surface area contributed by atoms with Gasteiger partial charge < -0.3 is 15.9 Å². The molecule has 0 heterocycles. The van der Waals surface area contributed by atoms with Crippen LogP contribution in [0, 0.1) is 12.8 Å². The largest absolute Gasteiger partial charge is 0.507 e. The number of carbonyl (C=O) groups excluding carboxylic acids is 2. The average molecular weight is 279 g/mol. The van der Waals surface area contributed by atoms with Crippen molar-refractivity contribution in [3.63, 3.8) is 0 Å². The Balaban J connectivity index is 3.58. The van der Waals surface area contributed by atoms with Gasteiger partial charge in [-0.1, -0.05) is 13.8 Å². The standard InChI is InChI=1S/C15H21NO4/c1-7(2)5-10-8(3)11(15(16)20)6-12(14(10)19)13(18)9(4)17/h6-7,9,17,19H,5H2,1-4H3,(H2,16,20). The van der Waals surface area contributed by atoms with Crippen LogP contribution in [0.15, 0.2) is 6.07 Å². The number of aliphatic hydroxyl groups excluding tert-OH is 1. The van der Waals surface area contributed by atoms with Crippen molar-refractivity contribution in [3.05, 3.63) is 28.3 Å². The zero-order valence-corrected chi connectivity index (χ0v) is 12.2. The fourth-order valence-electron chi connectivity index (χ4n) is 2.15. The number of phenolic OH excluding ortho intramolecular Hbond substituents is 1. The van der Waals surface area contributed by atoms with Crippen LogP contribution in [0.4, 0.5) is 0 Å². The summed E-state index contributed by atoms with van der Waals surface area (Å²) in [4.78, 5) is 23.4. The lowest BCUT2D eigenvalue weighted by Crippen LogP contribution is -2.20. The summed E-state index contributed by atoms with van der Waals surface area (Å²) >= 11 is 0. The summed E-state index contributed by atoms with van der Waals surface area (Å²) in [5.74, 6) is -1.23. The number of hydrogen-bond acceptors (Lipinski definition) is 4. The van der Waals surface area contributed by atoms with Gasteiger partial charge in [0, 0.05) is 5.56 Å². The SMILES string of the molecule is Cc1c(C(N)=O)cc(C(=O)C(C)O)c(O)c1CC(C)C. The van der Waals surface area contributed by atoms with E-state index in [0.717, 1.165) is 0 Å². The van der Waals surface area contributed by atoms with Crippen LogP contribution in [0.3, 0.4) is 0 Å². The van der Waals surface area contributed by atoms with Crippen molar-refractivity contribution in [1.82, 2.24) is 0 Å². The molecule has 0 saturated carbocycles. The summed E-state index contributed by atoms with van der Waals surface area (Å²) < 4.78 is 0. The lowest BCUT2D eigenvalue weighted by molar-refractivity contribution is 0.0776. The van der Waals surface area contributed by atoms with Gasteiger partial charge >= 0.3 is 0 Å². The zero-order chi connectivity index (χ0) is 15.6. The van der Waals surface area contributed by atoms with Crippen LogP contribution in [-0.4, -0.2) is 28.0 Å². The first-order chi connectivity index (χ1) is 9.16. The third-order valence-electron chi connectivity index (χ3n) is 3.21. The number of benzene rings is 1. The summed E-state index contributed by atoms with van der Waals surface area (Å²) in [7, 11) is 0. The topological polar surface area (TPSA) is 101 Å². The van der Waals surface area contributed by atoms with Gasteiger partial charge in [-0.25, -0.2) is 0 Å². The van der Waals surface area contributed by atoms with E-state index in [0.29, 0.717) is 17.5 Å². The fraction of sp³-hybridized carbons (Fsp3) is 0.467. The third kappa shape index (κ3) is 3.17. The van der Waals surface area contributed by atoms with E-state index in [2.05, 4.69) is 0 Å². The van der Waals surface area contributed by atoms with Crippen molar-refractivity contribution in [3.8, 4) is 5.75 Å². The highest BCUT2D eigenvalue weighted by atomic mass is 16.3. The Kier molecular flexibility index (Phi) is 4.89. The van der Waals surface area contributed by atoms with Crippen LogP contribution in [0.2, 0.25) is 0 Å². The molecule has 1 atom stereocenters. The number of phenols is 1. The van der Waals surface area contributed by atoms with Gasteiger partial charge in [0.2, 0.25) is 5.91 Å². The van der Waals surface area contributed by atoms with Gasteiger partial charge in [0.15, 0.2) is 5.78 Å². The minimum atomic E-state index is -1.25. The highest BCUT2D eigenvalue weighted by molar-refractivity contribution is 6.05. The Morgan fingerprint density at radius 3 is 2.20 bits per heavy atom. The average Bonchev–Trinajstić information content (AvgIpc) is 2.33. The summed E-state index contributed by atoms with van der Waals surface area (Å²) in [5.41, 5.74) is 6.55. The first-order valence-corrected chi connectivity index (χ1v) is 6.54. The fourth-order valence-corrected chi connectivity index (χ4v) is 2.15. The summed E-state index contributed by atoms with van der Waals surface area (Å²) in [6.45, 7) is 6.93. The Morgan fingerprint density at radius 1 is 1.25 bits per heavy atom. The molecule has 0 aliphatic rings. The number of carbonyl (C=O) groups is 2. The molecule has 1 unspecified atom stereocenters. The van der Waals surface area contributed by atoms with Crippen LogP contribution in [0.5, 0.6) is 5.75 Å². The quantitative estimate of drug-likeness (QED) is 0.712. The first kappa shape index (κ1) is 16.2. The molecule has 0 aliphatic heterocycles. The van der Waals surface area contributed by atoms with Crippen molar-refractivity contribution in [2.75, 3.05) is 0 Å². The van der Waals surface area contributed by atoms with Gasteiger partial charge in [0.25, 0.3) is 0 Å². The minimum Gasteiger partial charge on any atom is -0.507 e. The molecular formula is C15H21NO4. The molecule has 5 nitrogen and oxygen atoms in total. The number of hydrogen-bond donors (Lipinski definition) is 3. The second-order valence-electron chi connectivity index (χ2n) is 5.43. The maximum Gasteiger partial charge on any atom is 0.249 e. The van der Waals surface area contributed by atoms with Gasteiger partial charge in [0.05, 0.1) is 5.56 Å². The number of aromatic hydroxyl groups is 1. The monoisotopic (exact) mass is 279 g/mol. The van der Waals surface area contributed by atoms with Gasteiger partial charge in [-0.05, 0) is 43.4 Å². The van der Waals surface area contributed by atoms with Crippen molar-refractivity contribution >= 4 is 11.7 Å². The molecule has 1 rings (SSSR count). The van der Waals surface area contributed by atoms with E-state index in [1.807, 2.05) is 13.8 Å². The van der Waals surface area contributed by atoms with Crippen LogP contribution < -0.4 is 5.73 Å². The highest BCUT2D eigenvalue weighted by Gasteiger charge is 2.24. The van der Waals surface area contributed by atoms with Crippen LogP contribution in [0.1, 0.15) is 52.6 Å². The van der Waals surface area contributed by atoms with Gasteiger partial charge in [-0.2, -0.15) is 0 Å². The van der Waals surface area contributed by atoms with Crippen molar-refractivity contribution in [2.24, 2.45) is 11.7 Å². The maximum atomic E-state index is 11.9. The number of nitrogens with two attached hydrogens (primary N) is 1. The number of Topliss-reactive ketones (excluding diaryl/α,β-unsaturated/α-hetero) is 1. The smallest absolute Gasteiger partial charge is 0.249 e. The number of aliphatic hydroxyl groups is 1. The molecule has 5 heteroatoms. The number of rotatable bonds is 5. The molecule has 0 spiro atoms. The van der Waals surface area contributed by atoms with E-state index in [1.165, 1.54) is 13.0 Å². The second-order valence-corrected chi connectivity index (χ2v) is 5.43. The molecule has 1 aromatic carbocycles. The third-order valence-corrected chi connectivity index (χ3v) is 3.21. The van der Waals surface area contributed by atoms with Gasteiger partial charge in [-0.3, -0.25) is 9.59 Å². The Hall–Kier alpha value is -1.88. The van der Waals surface area contributed by atoms with E-state index in [-0.39, 0.29) is 22.8 Å². The predicted octanol–water partition coefficient (Wildman–Crippen LogP) is 1.56. The van der Waals surface area contributed by atoms with Crippen molar-refractivity contribution in [2.45, 2.75) is 40.2 Å². The molecule has 20 heavy (non-hydrogen) atoms. The molecule has 0 saturated heterocycles. The number of amides is 1. The van der Waals surface area contributed by atoms with Crippen molar-refractivity contribution in [1.29, 1.82) is 0 Å². The normalized spacial score (nSPS) is 12.5. The molecule has 0 fully saturated rings. The lowest BCUT2D eigenvalue weighted by Gasteiger charge is -2.17. The van der Waals surface area contributed by atoms with Crippen LogP contribution in [0.25, 0.3) is 0 Å². The molecule has 1 amide bonds. The second kappa shape index (κ2) is 6.05. The van der Waals surface area contributed by atoms with Gasteiger partial charge in [-0.15, -0.1) is 0 Å². The highest BCUT2D eigenvalue weighted by Crippen LogP contribution is 2.31. The molecule has 0 aliphatic carbocycles. The summed E-state index contributed by atoms with van der Waals surface area (Å²) in [6, 6.07) is 1.26. The van der Waals surface area contributed by atoms with Gasteiger partial charge in [0.1, 0.15) is 11.9 Å². The van der Waals surface area contributed by atoms with E-state index >= 15 is 0 Å². The van der Waals surface area contributed by atoms with E-state index in [4.69, 9.17) is 5.73 Å². The molecule has 0 bridgehead atoms. The summed E-state index contributed by atoms with van der Waals surface area (Å²) in [6.07, 6.45) is -0.741. The Bertz CT molecular complexity index is 547. The molecular weight excluding hydrogens is 258 g/mol. The molecule has 110 valence electrons. The number of ketones is 1. The first-order valence-electron chi connectivity index (χ1n) is 6.54. The van der Waals surface area contributed by atoms with E-state index in [1.54, 1.807) is 6.92 Å². The lowest BCUT2D eigenvalue weighted by atomic mass is 9.89. The molecule has 1 aromatic rings. The minimum absolute atomic E-state index is 0.0601. The van der Waals surface area contributed by atoms with E-state index in [9.17, 15) is 19.8 Å². The van der Waals surface area contributed by atoms with Crippen LogP contribution in [-0.2, 0) is 6.42 Å². The van der Waals surface area contributed by atoms with Crippen LogP contribution >= 0.6 is 0 Å².